The summed E-state index contributed by atoms with van der Waals surface area (Å²) in [5.41, 5.74) is -0.609. The molecule has 14 nitrogen and oxygen atoms in total. The standard InChI is InChI=1S/C21H18O14S/c22-11-5-10(35-36(29,30)31)6-14-15(11)12(23)7-13(33-14)8-1-3-9(4-2-8)32-21-18(26)16(24)17(25)19(34-21)20(27)28/h1-7,16-19,21-22,24-26H,(H,27,28)(H,29,30,31)/t16-,17-,18+,19-,21+/m0/s1. The molecular weight excluding hydrogens is 508 g/mol. The molecule has 0 amide bonds. The number of hydrogen-bond acceptors (Lipinski definition) is 12. The van der Waals surface area contributed by atoms with Crippen LogP contribution in [-0.4, -0.2) is 75.2 Å². The molecule has 0 spiro atoms. The van der Waals surface area contributed by atoms with Crippen molar-refractivity contribution >= 4 is 27.3 Å². The van der Waals surface area contributed by atoms with Gasteiger partial charge in [-0.05, 0) is 24.3 Å². The van der Waals surface area contributed by atoms with Gasteiger partial charge in [0, 0.05) is 23.8 Å². The topological polar surface area (TPSA) is 230 Å². The highest BCUT2D eigenvalue weighted by atomic mass is 32.3. The Hall–Kier alpha value is -3.73. The van der Waals surface area contributed by atoms with Crippen molar-refractivity contribution in [2.45, 2.75) is 30.7 Å². The van der Waals surface area contributed by atoms with Crippen molar-refractivity contribution in [1.82, 2.24) is 0 Å². The van der Waals surface area contributed by atoms with Gasteiger partial charge in [0.25, 0.3) is 0 Å². The summed E-state index contributed by atoms with van der Waals surface area (Å²) in [4.78, 5) is 23.7. The lowest BCUT2D eigenvalue weighted by Crippen LogP contribution is -2.61. The Balaban J connectivity index is 1.61. The number of aliphatic hydroxyl groups excluding tert-OH is 3. The number of aromatic hydroxyl groups is 1. The van der Waals surface area contributed by atoms with E-state index in [1.54, 1.807) is 0 Å². The van der Waals surface area contributed by atoms with Crippen molar-refractivity contribution in [2.75, 3.05) is 0 Å². The summed E-state index contributed by atoms with van der Waals surface area (Å²) in [6.07, 6.45) is -8.95. The molecule has 6 N–H and O–H groups in total. The van der Waals surface area contributed by atoms with Crippen molar-refractivity contribution in [3.05, 3.63) is 52.7 Å². The number of carbonyl (C=O) groups is 1. The van der Waals surface area contributed by atoms with Crippen molar-refractivity contribution in [3.63, 3.8) is 0 Å². The second kappa shape index (κ2) is 9.38. The molecule has 2 aromatic carbocycles. The van der Waals surface area contributed by atoms with Gasteiger partial charge in [0.1, 0.15) is 46.5 Å². The zero-order valence-electron chi connectivity index (χ0n) is 17.8. The average molecular weight is 526 g/mol. The Bertz CT molecular complexity index is 1460. The van der Waals surface area contributed by atoms with Gasteiger partial charge in [0.15, 0.2) is 17.3 Å². The van der Waals surface area contributed by atoms with Gasteiger partial charge >= 0.3 is 16.4 Å². The monoisotopic (exact) mass is 526 g/mol. The summed E-state index contributed by atoms with van der Waals surface area (Å²) >= 11 is 0. The lowest BCUT2D eigenvalue weighted by Gasteiger charge is -2.38. The third kappa shape index (κ3) is 5.11. The molecule has 0 bridgehead atoms. The van der Waals surface area contributed by atoms with Gasteiger partial charge in [0.05, 0.1) is 0 Å². The van der Waals surface area contributed by atoms with E-state index in [1.807, 2.05) is 0 Å². The molecule has 0 saturated carbocycles. The molecule has 4 rings (SSSR count). The quantitative estimate of drug-likeness (QED) is 0.225. The maximum atomic E-state index is 12.5. The van der Waals surface area contributed by atoms with E-state index in [2.05, 4.69) is 4.18 Å². The summed E-state index contributed by atoms with van der Waals surface area (Å²) < 4.78 is 51.1. The molecule has 36 heavy (non-hydrogen) atoms. The average Bonchev–Trinajstić information content (AvgIpc) is 2.78. The largest absolute Gasteiger partial charge is 0.507 e. The number of carboxylic acid groups (broad SMARTS) is 1. The molecule has 1 aromatic heterocycles. The molecule has 1 aliphatic heterocycles. The number of fused-ring (bicyclic) bond motifs is 1. The fourth-order valence-corrected chi connectivity index (χ4v) is 3.88. The van der Waals surface area contributed by atoms with Crippen LogP contribution < -0.4 is 14.3 Å². The number of aliphatic hydroxyl groups is 3. The fourth-order valence-electron chi connectivity index (χ4n) is 3.54. The van der Waals surface area contributed by atoms with E-state index in [9.17, 15) is 38.4 Å². The fraction of sp³-hybridized carbons (Fsp3) is 0.238. The van der Waals surface area contributed by atoms with Crippen molar-refractivity contribution < 1.29 is 61.4 Å². The Morgan fingerprint density at radius 1 is 0.944 bits per heavy atom. The Labute approximate surface area is 201 Å². The van der Waals surface area contributed by atoms with E-state index in [1.165, 1.54) is 24.3 Å². The molecule has 3 aromatic rings. The van der Waals surface area contributed by atoms with Gasteiger partial charge in [0.2, 0.25) is 6.29 Å². The Morgan fingerprint density at radius 2 is 1.61 bits per heavy atom. The predicted octanol–water partition coefficient (Wildman–Crippen LogP) is -0.382. The normalized spacial score (nSPS) is 24.4. The maximum Gasteiger partial charge on any atom is 0.446 e. The van der Waals surface area contributed by atoms with Crippen LogP contribution in [-0.2, 0) is 19.9 Å². The lowest BCUT2D eigenvalue weighted by atomic mass is 9.99. The molecule has 5 atom stereocenters. The van der Waals surface area contributed by atoms with Crippen LogP contribution in [0.5, 0.6) is 17.2 Å². The minimum Gasteiger partial charge on any atom is -0.507 e. The molecule has 1 fully saturated rings. The minimum atomic E-state index is -4.91. The number of hydrogen-bond donors (Lipinski definition) is 6. The van der Waals surface area contributed by atoms with E-state index in [4.69, 9.17) is 23.6 Å². The van der Waals surface area contributed by atoms with Crippen LogP contribution in [0.2, 0.25) is 0 Å². The number of phenolic OH excluding ortho intramolecular Hbond substituents is 1. The van der Waals surface area contributed by atoms with E-state index in [0.29, 0.717) is 5.56 Å². The molecular formula is C21H18O14S. The molecule has 0 radical (unpaired) electrons. The van der Waals surface area contributed by atoms with Crippen LogP contribution in [0.4, 0.5) is 0 Å². The number of phenols is 1. The van der Waals surface area contributed by atoms with Crippen LogP contribution >= 0.6 is 0 Å². The third-order valence-corrected chi connectivity index (χ3v) is 5.59. The van der Waals surface area contributed by atoms with Gasteiger partial charge in [-0.25, -0.2) is 4.79 Å². The molecule has 15 heteroatoms. The SMILES string of the molecule is O=C(O)[C@H]1O[C@@H](Oc2ccc(-c3cc(=O)c4c(O)cc(OS(=O)(=O)O)cc4o3)cc2)[C@H](O)[C@@H](O)[C@@H]1O. The highest BCUT2D eigenvalue weighted by Crippen LogP contribution is 2.32. The van der Waals surface area contributed by atoms with Gasteiger partial charge in [-0.15, -0.1) is 0 Å². The third-order valence-electron chi connectivity index (χ3n) is 5.19. The highest BCUT2D eigenvalue weighted by molar-refractivity contribution is 7.81. The number of carboxylic acids is 1. The smallest absolute Gasteiger partial charge is 0.446 e. The second-order valence-corrected chi connectivity index (χ2v) is 8.70. The van der Waals surface area contributed by atoms with Crippen LogP contribution in [0.25, 0.3) is 22.3 Å². The first kappa shape index (κ1) is 25.4. The summed E-state index contributed by atoms with van der Waals surface area (Å²) in [5.74, 6) is -2.68. The number of rotatable bonds is 6. The van der Waals surface area contributed by atoms with Gasteiger partial charge in [-0.1, -0.05) is 0 Å². The van der Waals surface area contributed by atoms with Crippen molar-refractivity contribution in [1.29, 1.82) is 0 Å². The van der Waals surface area contributed by atoms with E-state index in [0.717, 1.165) is 18.2 Å². The van der Waals surface area contributed by atoms with Crippen LogP contribution in [0.3, 0.4) is 0 Å². The molecule has 2 heterocycles. The van der Waals surface area contributed by atoms with Gasteiger partial charge in [-0.3, -0.25) is 9.35 Å². The zero-order valence-corrected chi connectivity index (χ0v) is 18.6. The Kier molecular flexibility index (Phi) is 6.61. The second-order valence-electron chi connectivity index (χ2n) is 7.68. The lowest BCUT2D eigenvalue weighted by molar-refractivity contribution is -0.271. The van der Waals surface area contributed by atoms with Crippen molar-refractivity contribution in [2.24, 2.45) is 0 Å². The molecule has 0 aliphatic carbocycles. The van der Waals surface area contributed by atoms with Gasteiger partial charge in [-0.2, -0.15) is 8.42 Å². The minimum absolute atomic E-state index is 0.0131. The number of ether oxygens (including phenoxy) is 2. The molecule has 1 saturated heterocycles. The first-order chi connectivity index (χ1) is 16.8. The summed E-state index contributed by atoms with van der Waals surface area (Å²) in [7, 11) is -4.91. The van der Waals surface area contributed by atoms with E-state index < -0.39 is 64.0 Å². The van der Waals surface area contributed by atoms with Gasteiger partial charge < -0.3 is 43.6 Å². The molecule has 192 valence electrons. The van der Waals surface area contributed by atoms with E-state index >= 15 is 0 Å². The summed E-state index contributed by atoms with van der Waals surface area (Å²) in [5, 5.41) is 48.6. The first-order valence-corrected chi connectivity index (χ1v) is 11.4. The maximum absolute atomic E-state index is 12.5. The zero-order chi connectivity index (χ0) is 26.4. The summed E-state index contributed by atoms with van der Waals surface area (Å²) in [6.45, 7) is 0. The highest BCUT2D eigenvalue weighted by Gasteiger charge is 2.48. The first-order valence-electron chi connectivity index (χ1n) is 10.0. The van der Waals surface area contributed by atoms with Crippen LogP contribution in [0, 0.1) is 0 Å². The van der Waals surface area contributed by atoms with E-state index in [-0.39, 0.29) is 22.5 Å². The molecule has 0 unspecified atom stereocenters. The number of benzene rings is 2. The Morgan fingerprint density at radius 3 is 2.22 bits per heavy atom. The van der Waals surface area contributed by atoms with Crippen molar-refractivity contribution in [3.8, 4) is 28.6 Å². The molecule has 1 aliphatic rings. The van der Waals surface area contributed by atoms with Crippen LogP contribution in [0.15, 0.2) is 51.7 Å². The van der Waals surface area contributed by atoms with Crippen LogP contribution in [0.1, 0.15) is 0 Å². The summed E-state index contributed by atoms with van der Waals surface area (Å²) in [6, 6.07) is 8.36. The predicted molar refractivity (Wildman–Crippen MR) is 117 cm³/mol. The number of aliphatic carboxylic acids is 1.